The Kier molecular flexibility index (Phi) is 6.28. The maximum Gasteiger partial charge on any atom is 0.221 e. The third-order valence-electron chi connectivity index (χ3n) is 3.43. The normalized spacial score (nSPS) is 18.9. The van der Waals surface area contributed by atoms with Gasteiger partial charge in [-0.2, -0.15) is 0 Å². The van der Waals surface area contributed by atoms with E-state index in [1.165, 1.54) is 25.3 Å². The fraction of sp³-hybridized carbons (Fsp3) is 0.500. The van der Waals surface area contributed by atoms with E-state index in [1.54, 1.807) is 0 Å². The Balaban J connectivity index is 0.00000180. The number of rotatable bonds is 4. The van der Waals surface area contributed by atoms with Crippen LogP contribution in [0, 0.1) is 0 Å². The molecule has 1 aromatic carbocycles. The zero-order valence-electron chi connectivity index (χ0n) is 11.3. The molecule has 0 spiro atoms. The van der Waals surface area contributed by atoms with Gasteiger partial charge in [0.15, 0.2) is 0 Å². The summed E-state index contributed by atoms with van der Waals surface area (Å²) in [6.07, 6.45) is 2.45. The van der Waals surface area contributed by atoms with Crippen LogP contribution in [-0.2, 0) is 11.3 Å². The molecule has 0 saturated carbocycles. The van der Waals surface area contributed by atoms with Crippen molar-refractivity contribution in [2.24, 2.45) is 5.73 Å². The van der Waals surface area contributed by atoms with Crippen LogP contribution in [0.3, 0.4) is 0 Å². The molecule has 1 saturated heterocycles. The standard InChI is InChI=1S/C14H21N3O.ClH/c1-11(18)16-13-6-4-12(5-7-13)10-17-8-2-3-14(17)9-15;/h4-7,14H,2-3,8-10,15H2,1H3,(H,16,18);1H. The number of nitrogens with zero attached hydrogens (tertiary/aromatic N) is 1. The minimum atomic E-state index is -0.0366. The first-order valence-corrected chi connectivity index (χ1v) is 6.49. The summed E-state index contributed by atoms with van der Waals surface area (Å²) >= 11 is 0. The molecule has 4 nitrogen and oxygen atoms in total. The first-order chi connectivity index (χ1) is 8.69. The molecule has 2 rings (SSSR count). The fourth-order valence-electron chi connectivity index (χ4n) is 2.50. The van der Waals surface area contributed by atoms with Gasteiger partial charge in [0.2, 0.25) is 5.91 Å². The molecule has 1 aromatic rings. The zero-order chi connectivity index (χ0) is 13.0. The molecular formula is C14H22ClN3O. The van der Waals surface area contributed by atoms with Gasteiger partial charge in [0.25, 0.3) is 0 Å². The number of nitrogens with two attached hydrogens (primary N) is 1. The maximum atomic E-state index is 10.9. The van der Waals surface area contributed by atoms with Crippen molar-refractivity contribution in [2.75, 3.05) is 18.4 Å². The lowest BCUT2D eigenvalue weighted by Gasteiger charge is -2.23. The van der Waals surface area contributed by atoms with Gasteiger partial charge in [0, 0.05) is 31.7 Å². The lowest BCUT2D eigenvalue weighted by molar-refractivity contribution is -0.114. The van der Waals surface area contributed by atoms with Gasteiger partial charge in [-0.25, -0.2) is 0 Å². The molecule has 1 heterocycles. The van der Waals surface area contributed by atoms with E-state index in [4.69, 9.17) is 5.73 Å². The number of likely N-dealkylation sites (tertiary alicyclic amines) is 1. The van der Waals surface area contributed by atoms with E-state index in [2.05, 4.69) is 22.3 Å². The topological polar surface area (TPSA) is 58.4 Å². The van der Waals surface area contributed by atoms with Gasteiger partial charge in [-0.05, 0) is 37.1 Å². The molecule has 1 fully saturated rings. The molecule has 1 aliphatic heterocycles. The van der Waals surface area contributed by atoms with Gasteiger partial charge in [0.05, 0.1) is 0 Å². The lowest BCUT2D eigenvalue weighted by atomic mass is 10.1. The first-order valence-electron chi connectivity index (χ1n) is 6.49. The Morgan fingerprint density at radius 2 is 2.11 bits per heavy atom. The molecule has 5 heteroatoms. The molecule has 1 unspecified atom stereocenters. The summed E-state index contributed by atoms with van der Waals surface area (Å²) in [4.78, 5) is 13.4. The van der Waals surface area contributed by atoms with Gasteiger partial charge in [-0.3, -0.25) is 9.69 Å². The van der Waals surface area contributed by atoms with Gasteiger partial charge in [-0.1, -0.05) is 12.1 Å². The summed E-state index contributed by atoms with van der Waals surface area (Å²) in [6, 6.07) is 8.56. The second-order valence-corrected chi connectivity index (χ2v) is 4.88. The van der Waals surface area contributed by atoms with Gasteiger partial charge in [0.1, 0.15) is 0 Å². The molecule has 0 radical (unpaired) electrons. The first kappa shape index (κ1) is 16.0. The van der Waals surface area contributed by atoms with Crippen LogP contribution < -0.4 is 11.1 Å². The molecule has 0 bridgehead atoms. The van der Waals surface area contributed by atoms with Crippen LogP contribution >= 0.6 is 12.4 Å². The van der Waals surface area contributed by atoms with Gasteiger partial charge >= 0.3 is 0 Å². The van der Waals surface area contributed by atoms with Crippen molar-refractivity contribution in [3.8, 4) is 0 Å². The Hall–Kier alpha value is -1.10. The molecule has 3 N–H and O–H groups in total. The van der Waals surface area contributed by atoms with Crippen molar-refractivity contribution in [2.45, 2.75) is 32.4 Å². The largest absolute Gasteiger partial charge is 0.329 e. The molecule has 1 amide bonds. The van der Waals surface area contributed by atoms with E-state index in [0.717, 1.165) is 25.3 Å². The monoisotopic (exact) mass is 283 g/mol. The second-order valence-electron chi connectivity index (χ2n) is 4.88. The highest BCUT2D eigenvalue weighted by Gasteiger charge is 2.22. The van der Waals surface area contributed by atoms with Crippen molar-refractivity contribution < 1.29 is 4.79 Å². The molecule has 106 valence electrons. The number of halogens is 1. The van der Waals surface area contributed by atoms with Crippen LogP contribution in [0.1, 0.15) is 25.3 Å². The molecule has 0 aromatic heterocycles. The van der Waals surface area contributed by atoms with E-state index < -0.39 is 0 Å². The number of anilines is 1. The maximum absolute atomic E-state index is 10.9. The minimum absolute atomic E-state index is 0. The van der Waals surface area contributed by atoms with Crippen molar-refractivity contribution in [1.29, 1.82) is 0 Å². The highest BCUT2D eigenvalue weighted by molar-refractivity contribution is 5.88. The number of carbonyl (C=O) groups is 1. The summed E-state index contributed by atoms with van der Waals surface area (Å²) in [5, 5.41) is 2.77. The van der Waals surface area contributed by atoms with Gasteiger partial charge in [-0.15, -0.1) is 12.4 Å². The number of amides is 1. The van der Waals surface area contributed by atoms with Crippen molar-refractivity contribution in [3.05, 3.63) is 29.8 Å². The predicted octanol–water partition coefficient (Wildman–Crippen LogP) is 1.99. The van der Waals surface area contributed by atoms with E-state index >= 15 is 0 Å². The zero-order valence-corrected chi connectivity index (χ0v) is 12.1. The second kappa shape index (κ2) is 7.48. The summed E-state index contributed by atoms with van der Waals surface area (Å²) in [6.45, 7) is 4.34. The predicted molar refractivity (Wildman–Crippen MR) is 80.5 cm³/mol. The average molecular weight is 284 g/mol. The number of carbonyl (C=O) groups excluding carboxylic acids is 1. The Bertz CT molecular complexity index is 408. The summed E-state index contributed by atoms with van der Waals surface area (Å²) in [7, 11) is 0. The minimum Gasteiger partial charge on any atom is -0.329 e. The summed E-state index contributed by atoms with van der Waals surface area (Å²) < 4.78 is 0. The highest BCUT2D eigenvalue weighted by atomic mass is 35.5. The molecule has 19 heavy (non-hydrogen) atoms. The lowest BCUT2D eigenvalue weighted by Crippen LogP contribution is -2.34. The van der Waals surface area contributed by atoms with Crippen LogP contribution in [0.4, 0.5) is 5.69 Å². The third-order valence-corrected chi connectivity index (χ3v) is 3.43. The summed E-state index contributed by atoms with van der Waals surface area (Å²) in [5.74, 6) is -0.0366. The van der Waals surface area contributed by atoms with Gasteiger partial charge < -0.3 is 11.1 Å². The number of hydrogen-bond acceptors (Lipinski definition) is 3. The van der Waals surface area contributed by atoms with Crippen molar-refractivity contribution in [3.63, 3.8) is 0 Å². The van der Waals surface area contributed by atoms with Crippen LogP contribution in [0.5, 0.6) is 0 Å². The smallest absolute Gasteiger partial charge is 0.221 e. The van der Waals surface area contributed by atoms with Crippen LogP contribution in [0.25, 0.3) is 0 Å². The molecule has 1 atom stereocenters. The third kappa shape index (κ3) is 4.49. The number of hydrogen-bond donors (Lipinski definition) is 2. The molecule has 0 aliphatic carbocycles. The summed E-state index contributed by atoms with van der Waals surface area (Å²) in [5.41, 5.74) is 7.89. The van der Waals surface area contributed by atoms with Crippen LogP contribution in [0.2, 0.25) is 0 Å². The highest BCUT2D eigenvalue weighted by Crippen LogP contribution is 2.20. The van der Waals surface area contributed by atoms with E-state index in [9.17, 15) is 4.79 Å². The van der Waals surface area contributed by atoms with Crippen LogP contribution in [-0.4, -0.2) is 29.9 Å². The van der Waals surface area contributed by atoms with Crippen molar-refractivity contribution in [1.82, 2.24) is 4.90 Å². The Morgan fingerprint density at radius 1 is 1.42 bits per heavy atom. The van der Waals surface area contributed by atoms with E-state index in [0.29, 0.717) is 6.04 Å². The number of nitrogens with one attached hydrogen (secondary N) is 1. The average Bonchev–Trinajstić information content (AvgIpc) is 2.78. The van der Waals surface area contributed by atoms with Crippen molar-refractivity contribution >= 4 is 24.0 Å². The quantitative estimate of drug-likeness (QED) is 0.888. The Morgan fingerprint density at radius 3 is 2.68 bits per heavy atom. The molecular weight excluding hydrogens is 262 g/mol. The SMILES string of the molecule is CC(=O)Nc1ccc(CN2CCCC2CN)cc1.Cl. The van der Waals surface area contributed by atoms with E-state index in [-0.39, 0.29) is 18.3 Å². The Labute approximate surface area is 120 Å². The number of benzene rings is 1. The van der Waals surface area contributed by atoms with Crippen LogP contribution in [0.15, 0.2) is 24.3 Å². The fourth-order valence-corrected chi connectivity index (χ4v) is 2.50. The van der Waals surface area contributed by atoms with E-state index in [1.807, 2.05) is 12.1 Å². The molecule has 1 aliphatic rings.